The second-order valence-electron chi connectivity index (χ2n) is 4.85. The van der Waals surface area contributed by atoms with Crippen LogP contribution in [0.25, 0.3) is 0 Å². The topological polar surface area (TPSA) is 61.4 Å². The molecular formula is C15H15N3O2S. The van der Waals surface area contributed by atoms with Gasteiger partial charge in [-0.05, 0) is 42.1 Å². The highest BCUT2D eigenvalue weighted by molar-refractivity contribution is 7.08. The molecule has 2 aromatic rings. The molecule has 1 saturated heterocycles. The quantitative estimate of drug-likeness (QED) is 0.915. The number of anilines is 2. The van der Waals surface area contributed by atoms with Crippen molar-refractivity contribution in [3.05, 3.63) is 46.2 Å². The van der Waals surface area contributed by atoms with Gasteiger partial charge < -0.3 is 10.6 Å². The van der Waals surface area contributed by atoms with Crippen molar-refractivity contribution in [2.24, 2.45) is 0 Å². The molecule has 2 N–H and O–H groups in total. The number of hydrogen-bond acceptors (Lipinski definition) is 3. The molecule has 0 atom stereocenters. The van der Waals surface area contributed by atoms with Gasteiger partial charge in [0.25, 0.3) is 5.91 Å². The highest BCUT2D eigenvalue weighted by Gasteiger charge is 2.20. The van der Waals surface area contributed by atoms with Crippen LogP contribution in [-0.2, 0) is 0 Å². The maximum Gasteiger partial charge on any atom is 0.321 e. The lowest BCUT2D eigenvalue weighted by Gasteiger charge is -2.14. The Labute approximate surface area is 126 Å². The third-order valence-electron chi connectivity index (χ3n) is 3.39. The summed E-state index contributed by atoms with van der Waals surface area (Å²) in [6.07, 6.45) is 0. The van der Waals surface area contributed by atoms with Crippen molar-refractivity contribution in [3.8, 4) is 0 Å². The summed E-state index contributed by atoms with van der Waals surface area (Å²) in [5.74, 6) is -0.111. The lowest BCUT2D eigenvalue weighted by molar-refractivity contribution is 0.102. The maximum absolute atomic E-state index is 12.1. The van der Waals surface area contributed by atoms with Crippen LogP contribution < -0.4 is 15.5 Å². The van der Waals surface area contributed by atoms with Gasteiger partial charge in [-0.2, -0.15) is 11.3 Å². The third-order valence-corrected chi connectivity index (χ3v) is 4.26. The van der Waals surface area contributed by atoms with E-state index in [0.29, 0.717) is 24.3 Å². The minimum atomic E-state index is -0.111. The van der Waals surface area contributed by atoms with Gasteiger partial charge in [0.1, 0.15) is 0 Å². The Bertz CT molecular complexity index is 678. The molecule has 0 spiro atoms. The van der Waals surface area contributed by atoms with Gasteiger partial charge in [0, 0.05) is 29.8 Å². The van der Waals surface area contributed by atoms with Crippen LogP contribution in [-0.4, -0.2) is 25.0 Å². The number of aryl methyl sites for hydroxylation is 1. The van der Waals surface area contributed by atoms with Crippen LogP contribution in [0.5, 0.6) is 0 Å². The molecule has 108 valence electrons. The van der Waals surface area contributed by atoms with Crippen LogP contribution in [0, 0.1) is 6.92 Å². The van der Waals surface area contributed by atoms with E-state index in [1.54, 1.807) is 17.0 Å². The van der Waals surface area contributed by atoms with Crippen molar-refractivity contribution in [1.82, 2.24) is 5.32 Å². The van der Waals surface area contributed by atoms with Gasteiger partial charge in [-0.25, -0.2) is 4.79 Å². The number of thiophene rings is 1. The molecule has 3 rings (SSSR count). The molecule has 3 amide bonds. The number of urea groups is 1. The normalized spacial score (nSPS) is 14.1. The summed E-state index contributed by atoms with van der Waals surface area (Å²) in [6.45, 7) is 3.24. The van der Waals surface area contributed by atoms with Crippen LogP contribution in [0.3, 0.4) is 0 Å². The van der Waals surface area contributed by atoms with E-state index in [-0.39, 0.29) is 11.9 Å². The lowest BCUT2D eigenvalue weighted by atomic mass is 10.2. The van der Waals surface area contributed by atoms with Gasteiger partial charge in [0.15, 0.2) is 0 Å². The minimum Gasteiger partial charge on any atom is -0.336 e. The second-order valence-corrected chi connectivity index (χ2v) is 5.60. The van der Waals surface area contributed by atoms with E-state index in [1.807, 2.05) is 29.8 Å². The second kappa shape index (κ2) is 5.57. The minimum absolute atomic E-state index is 0.0827. The largest absolute Gasteiger partial charge is 0.336 e. The summed E-state index contributed by atoms with van der Waals surface area (Å²) in [4.78, 5) is 25.4. The predicted octanol–water partition coefficient (Wildman–Crippen LogP) is 2.84. The molecule has 1 aromatic heterocycles. The zero-order valence-corrected chi connectivity index (χ0v) is 12.4. The Kier molecular flexibility index (Phi) is 3.62. The molecule has 0 aliphatic carbocycles. The molecule has 1 fully saturated rings. The number of rotatable bonds is 3. The van der Waals surface area contributed by atoms with E-state index in [0.717, 1.165) is 11.3 Å². The van der Waals surface area contributed by atoms with E-state index in [2.05, 4.69) is 10.6 Å². The highest BCUT2D eigenvalue weighted by atomic mass is 32.1. The summed E-state index contributed by atoms with van der Waals surface area (Å²) in [6, 6.07) is 7.20. The van der Waals surface area contributed by atoms with Crippen molar-refractivity contribution >= 4 is 34.6 Å². The fourth-order valence-corrected chi connectivity index (χ4v) is 3.06. The fraction of sp³-hybridized carbons (Fsp3) is 0.200. The molecule has 0 unspecified atom stereocenters. The highest BCUT2D eigenvalue weighted by Crippen LogP contribution is 2.21. The monoisotopic (exact) mass is 301 g/mol. The smallest absolute Gasteiger partial charge is 0.321 e. The van der Waals surface area contributed by atoms with Crippen molar-refractivity contribution in [2.45, 2.75) is 6.92 Å². The number of benzene rings is 1. The molecule has 21 heavy (non-hydrogen) atoms. The van der Waals surface area contributed by atoms with Crippen molar-refractivity contribution in [2.75, 3.05) is 23.3 Å². The number of carbonyl (C=O) groups excluding carboxylic acids is 2. The van der Waals surface area contributed by atoms with Crippen molar-refractivity contribution < 1.29 is 9.59 Å². The van der Waals surface area contributed by atoms with E-state index < -0.39 is 0 Å². The van der Waals surface area contributed by atoms with E-state index in [4.69, 9.17) is 0 Å². The van der Waals surface area contributed by atoms with Gasteiger partial charge >= 0.3 is 6.03 Å². The number of carbonyl (C=O) groups is 2. The Morgan fingerprint density at radius 1 is 1.29 bits per heavy atom. The third kappa shape index (κ3) is 2.75. The van der Waals surface area contributed by atoms with Gasteiger partial charge in [-0.1, -0.05) is 0 Å². The van der Waals surface area contributed by atoms with Gasteiger partial charge in [-0.15, -0.1) is 0 Å². The molecular weight excluding hydrogens is 286 g/mol. The molecule has 6 heteroatoms. The average Bonchev–Trinajstić information content (AvgIpc) is 3.08. The van der Waals surface area contributed by atoms with Crippen molar-refractivity contribution in [3.63, 3.8) is 0 Å². The van der Waals surface area contributed by atoms with Crippen molar-refractivity contribution in [1.29, 1.82) is 0 Å². The Morgan fingerprint density at radius 3 is 2.62 bits per heavy atom. The standard InChI is InChI=1S/C15H15N3O2S/c1-10-8-21-9-13(10)14(19)17-11-2-4-12(5-3-11)18-7-6-16-15(18)20/h2-5,8-9H,6-7H2,1H3,(H,16,20)(H,17,19). The van der Waals surface area contributed by atoms with Crippen LogP contribution in [0.15, 0.2) is 35.0 Å². The summed E-state index contributed by atoms with van der Waals surface area (Å²) in [5, 5.41) is 9.41. The Morgan fingerprint density at radius 2 is 2.05 bits per heavy atom. The first kappa shape index (κ1) is 13.6. The average molecular weight is 301 g/mol. The van der Waals surface area contributed by atoms with Crippen LogP contribution in [0.2, 0.25) is 0 Å². The summed E-state index contributed by atoms with van der Waals surface area (Å²) in [5.41, 5.74) is 3.22. The number of hydrogen-bond donors (Lipinski definition) is 2. The molecule has 2 heterocycles. The molecule has 1 aliphatic rings. The Hall–Kier alpha value is -2.34. The summed E-state index contributed by atoms with van der Waals surface area (Å²) in [7, 11) is 0. The van der Waals surface area contributed by atoms with Crippen LogP contribution in [0.1, 0.15) is 15.9 Å². The molecule has 1 aliphatic heterocycles. The molecule has 0 saturated carbocycles. The number of amides is 3. The molecule has 5 nitrogen and oxygen atoms in total. The van der Waals surface area contributed by atoms with Gasteiger partial charge in [-0.3, -0.25) is 9.69 Å². The van der Waals surface area contributed by atoms with Gasteiger partial charge in [0.05, 0.1) is 5.56 Å². The molecule has 0 radical (unpaired) electrons. The lowest BCUT2D eigenvalue weighted by Crippen LogP contribution is -2.27. The van der Waals surface area contributed by atoms with Crippen LogP contribution >= 0.6 is 11.3 Å². The molecule has 1 aromatic carbocycles. The van der Waals surface area contributed by atoms with E-state index in [1.165, 1.54) is 11.3 Å². The zero-order chi connectivity index (χ0) is 14.8. The van der Waals surface area contributed by atoms with Crippen LogP contribution in [0.4, 0.5) is 16.2 Å². The summed E-state index contributed by atoms with van der Waals surface area (Å²) >= 11 is 1.51. The first-order valence-corrected chi connectivity index (χ1v) is 7.59. The first-order chi connectivity index (χ1) is 10.1. The predicted molar refractivity (Wildman–Crippen MR) is 84.2 cm³/mol. The SMILES string of the molecule is Cc1cscc1C(=O)Nc1ccc(N2CCNC2=O)cc1. The fourth-order valence-electron chi connectivity index (χ4n) is 2.23. The first-order valence-electron chi connectivity index (χ1n) is 6.65. The molecule has 0 bridgehead atoms. The summed E-state index contributed by atoms with van der Waals surface area (Å²) < 4.78 is 0. The Balaban J connectivity index is 1.71. The zero-order valence-electron chi connectivity index (χ0n) is 11.6. The van der Waals surface area contributed by atoms with Gasteiger partial charge in [0.2, 0.25) is 0 Å². The maximum atomic E-state index is 12.1. The number of nitrogens with one attached hydrogen (secondary N) is 2. The van der Waals surface area contributed by atoms with E-state index in [9.17, 15) is 9.59 Å². The van der Waals surface area contributed by atoms with E-state index >= 15 is 0 Å². The number of nitrogens with zero attached hydrogens (tertiary/aromatic N) is 1.